The van der Waals surface area contributed by atoms with Gasteiger partial charge in [-0.05, 0) is 30.9 Å². The van der Waals surface area contributed by atoms with Crippen LogP contribution in [0.4, 0.5) is 0 Å². The largest absolute Gasteiger partial charge is 0.333 e. The first kappa shape index (κ1) is 16.4. The SMILES string of the molecule is CC1CCN(C(=O)c2csc(-c3ccc(Cl)cc3)n2)C(CN)C1. The summed E-state index contributed by atoms with van der Waals surface area (Å²) in [4.78, 5) is 19.2. The van der Waals surface area contributed by atoms with Crippen LogP contribution in [0.25, 0.3) is 10.6 Å². The molecule has 23 heavy (non-hydrogen) atoms. The fourth-order valence-electron chi connectivity index (χ4n) is 2.99. The number of benzene rings is 1. The van der Waals surface area contributed by atoms with Crippen LogP contribution >= 0.6 is 22.9 Å². The molecule has 2 N–H and O–H groups in total. The summed E-state index contributed by atoms with van der Waals surface area (Å²) in [6, 6.07) is 7.61. The molecule has 122 valence electrons. The first-order valence-electron chi connectivity index (χ1n) is 7.81. The first-order valence-corrected chi connectivity index (χ1v) is 9.06. The summed E-state index contributed by atoms with van der Waals surface area (Å²) in [6.45, 7) is 3.48. The smallest absolute Gasteiger partial charge is 0.273 e. The highest BCUT2D eigenvalue weighted by atomic mass is 35.5. The van der Waals surface area contributed by atoms with Crippen LogP contribution in [0.15, 0.2) is 29.6 Å². The third-order valence-corrected chi connectivity index (χ3v) is 5.47. The molecule has 0 saturated carbocycles. The molecule has 2 unspecified atom stereocenters. The molecule has 2 atom stereocenters. The number of amides is 1. The van der Waals surface area contributed by atoms with Gasteiger partial charge in [0.25, 0.3) is 5.91 Å². The second-order valence-corrected chi connectivity index (χ2v) is 7.36. The number of nitrogens with two attached hydrogens (primary N) is 1. The third-order valence-electron chi connectivity index (χ3n) is 4.33. The number of piperidine rings is 1. The number of thiazole rings is 1. The zero-order valence-electron chi connectivity index (χ0n) is 13.0. The molecular weight excluding hydrogens is 330 g/mol. The molecule has 0 bridgehead atoms. The highest BCUT2D eigenvalue weighted by molar-refractivity contribution is 7.13. The van der Waals surface area contributed by atoms with Crippen molar-refractivity contribution in [3.05, 3.63) is 40.4 Å². The number of hydrogen-bond acceptors (Lipinski definition) is 4. The minimum Gasteiger partial charge on any atom is -0.333 e. The van der Waals surface area contributed by atoms with E-state index in [2.05, 4.69) is 11.9 Å². The minimum atomic E-state index is -0.0104. The number of nitrogens with zero attached hydrogens (tertiary/aromatic N) is 2. The lowest BCUT2D eigenvalue weighted by molar-refractivity contribution is 0.0568. The van der Waals surface area contributed by atoms with Crippen LogP contribution in [0.3, 0.4) is 0 Å². The highest BCUT2D eigenvalue weighted by Gasteiger charge is 2.30. The Morgan fingerprint density at radius 3 is 2.87 bits per heavy atom. The van der Waals surface area contributed by atoms with Crippen LogP contribution < -0.4 is 5.73 Å². The van der Waals surface area contributed by atoms with Gasteiger partial charge in [-0.1, -0.05) is 30.7 Å². The van der Waals surface area contributed by atoms with Crippen LogP contribution in [0.2, 0.25) is 5.02 Å². The number of carbonyl (C=O) groups excluding carboxylic acids is 1. The Hall–Kier alpha value is -1.43. The molecule has 1 aliphatic rings. The van der Waals surface area contributed by atoms with Crippen molar-refractivity contribution in [3.8, 4) is 10.6 Å². The molecule has 6 heteroatoms. The van der Waals surface area contributed by atoms with Gasteiger partial charge in [0.2, 0.25) is 0 Å². The van der Waals surface area contributed by atoms with Crippen LogP contribution in [0.5, 0.6) is 0 Å². The number of rotatable bonds is 3. The van der Waals surface area contributed by atoms with Gasteiger partial charge < -0.3 is 10.6 Å². The van der Waals surface area contributed by atoms with Gasteiger partial charge in [-0.3, -0.25) is 4.79 Å². The predicted molar refractivity (Wildman–Crippen MR) is 94.8 cm³/mol. The topological polar surface area (TPSA) is 59.2 Å². The quantitative estimate of drug-likeness (QED) is 0.919. The van der Waals surface area contributed by atoms with Gasteiger partial charge in [0.05, 0.1) is 0 Å². The summed E-state index contributed by atoms with van der Waals surface area (Å²) in [5.74, 6) is 0.608. The standard InChI is InChI=1S/C17H20ClN3OS/c1-11-6-7-21(14(8-11)9-19)17(22)15-10-23-16(20-15)12-2-4-13(18)5-3-12/h2-5,10-11,14H,6-9,19H2,1H3. The van der Waals surface area contributed by atoms with Gasteiger partial charge in [-0.25, -0.2) is 4.98 Å². The van der Waals surface area contributed by atoms with Gasteiger partial charge in [0, 0.05) is 35.1 Å². The highest BCUT2D eigenvalue weighted by Crippen LogP contribution is 2.28. The molecule has 1 aliphatic heterocycles. The van der Waals surface area contributed by atoms with Crippen molar-refractivity contribution in [3.63, 3.8) is 0 Å². The zero-order valence-corrected chi connectivity index (χ0v) is 14.6. The van der Waals surface area contributed by atoms with Crippen LogP contribution in [0.1, 0.15) is 30.3 Å². The third kappa shape index (κ3) is 3.57. The van der Waals surface area contributed by atoms with Gasteiger partial charge in [-0.15, -0.1) is 11.3 Å². The minimum absolute atomic E-state index is 0.0104. The lowest BCUT2D eigenvalue weighted by Crippen LogP contribution is -2.49. The summed E-state index contributed by atoms with van der Waals surface area (Å²) in [7, 11) is 0. The molecule has 1 aromatic carbocycles. The lowest BCUT2D eigenvalue weighted by Gasteiger charge is -2.37. The van der Waals surface area contributed by atoms with Gasteiger partial charge in [0.15, 0.2) is 0 Å². The van der Waals surface area contributed by atoms with Crippen molar-refractivity contribution < 1.29 is 4.79 Å². The van der Waals surface area contributed by atoms with E-state index in [0.717, 1.165) is 30.0 Å². The monoisotopic (exact) mass is 349 g/mol. The molecule has 0 aliphatic carbocycles. The molecule has 2 heterocycles. The molecule has 4 nitrogen and oxygen atoms in total. The fraction of sp³-hybridized carbons (Fsp3) is 0.412. The summed E-state index contributed by atoms with van der Waals surface area (Å²) >= 11 is 7.39. The fourth-order valence-corrected chi connectivity index (χ4v) is 3.91. The van der Waals surface area contributed by atoms with Gasteiger partial charge in [0.1, 0.15) is 10.7 Å². The number of aromatic nitrogens is 1. The molecule has 1 amide bonds. The first-order chi connectivity index (χ1) is 11.1. The van der Waals surface area contributed by atoms with E-state index in [-0.39, 0.29) is 11.9 Å². The predicted octanol–water partition coefficient (Wildman–Crippen LogP) is 3.66. The Balaban J connectivity index is 1.79. The molecule has 2 aromatic rings. The maximum absolute atomic E-state index is 12.8. The van der Waals surface area contributed by atoms with E-state index in [1.54, 1.807) is 0 Å². The van der Waals surface area contributed by atoms with E-state index < -0.39 is 0 Å². The second kappa shape index (κ2) is 6.99. The second-order valence-electron chi connectivity index (χ2n) is 6.06. The maximum atomic E-state index is 12.8. The molecule has 1 fully saturated rings. The lowest BCUT2D eigenvalue weighted by atomic mass is 9.92. The number of hydrogen-bond donors (Lipinski definition) is 1. The molecular formula is C17H20ClN3OS. The summed E-state index contributed by atoms with van der Waals surface area (Å²) in [5.41, 5.74) is 7.34. The van der Waals surface area contributed by atoms with Crippen LogP contribution in [-0.2, 0) is 0 Å². The van der Waals surface area contributed by atoms with E-state index >= 15 is 0 Å². The molecule has 1 aromatic heterocycles. The van der Waals surface area contributed by atoms with Crippen molar-refractivity contribution in [2.24, 2.45) is 11.7 Å². The number of likely N-dealkylation sites (tertiary alicyclic amines) is 1. The van der Waals surface area contributed by atoms with Crippen molar-refractivity contribution in [2.75, 3.05) is 13.1 Å². The Labute approximate surface area is 145 Å². The Morgan fingerprint density at radius 1 is 1.43 bits per heavy atom. The number of carbonyl (C=O) groups is 1. The van der Waals surface area contributed by atoms with E-state index in [0.29, 0.717) is 23.2 Å². The van der Waals surface area contributed by atoms with Crippen LogP contribution in [-0.4, -0.2) is 34.9 Å². The van der Waals surface area contributed by atoms with Gasteiger partial charge >= 0.3 is 0 Å². The average molecular weight is 350 g/mol. The molecule has 1 saturated heterocycles. The van der Waals surface area contributed by atoms with E-state index in [9.17, 15) is 4.79 Å². The van der Waals surface area contributed by atoms with E-state index in [1.807, 2.05) is 34.5 Å². The zero-order chi connectivity index (χ0) is 16.4. The Bertz CT molecular complexity index is 685. The maximum Gasteiger partial charge on any atom is 0.273 e. The van der Waals surface area contributed by atoms with Gasteiger partial charge in [-0.2, -0.15) is 0 Å². The Kier molecular flexibility index (Phi) is 4.99. The Morgan fingerprint density at radius 2 is 2.17 bits per heavy atom. The van der Waals surface area contributed by atoms with Crippen molar-refractivity contribution in [2.45, 2.75) is 25.8 Å². The van der Waals surface area contributed by atoms with E-state index in [4.69, 9.17) is 17.3 Å². The molecule has 0 spiro atoms. The average Bonchev–Trinajstić information content (AvgIpc) is 3.04. The van der Waals surface area contributed by atoms with E-state index in [1.165, 1.54) is 11.3 Å². The summed E-state index contributed by atoms with van der Waals surface area (Å²) in [5, 5.41) is 3.35. The normalized spacial score (nSPS) is 21.4. The molecule has 3 rings (SSSR count). The van der Waals surface area contributed by atoms with Crippen molar-refractivity contribution in [1.82, 2.24) is 9.88 Å². The van der Waals surface area contributed by atoms with Crippen molar-refractivity contribution in [1.29, 1.82) is 0 Å². The molecule has 0 radical (unpaired) electrons. The summed E-state index contributed by atoms with van der Waals surface area (Å²) in [6.07, 6.45) is 1.99. The summed E-state index contributed by atoms with van der Waals surface area (Å²) < 4.78 is 0. The van der Waals surface area contributed by atoms with Crippen LogP contribution in [0, 0.1) is 5.92 Å². The number of halogens is 1. The van der Waals surface area contributed by atoms with Crippen molar-refractivity contribution >= 4 is 28.8 Å².